The van der Waals surface area contributed by atoms with Crippen LogP contribution in [0.2, 0.25) is 0 Å². The first-order valence-electron chi connectivity index (χ1n) is 5.78. The SMILES string of the molecule is O=C(Nc1ccc(O)c(C(=O)O)c1)NC1CCSC1. The molecule has 102 valence electrons. The van der Waals surface area contributed by atoms with Gasteiger partial charge in [0.2, 0.25) is 0 Å². The van der Waals surface area contributed by atoms with E-state index in [1.54, 1.807) is 11.8 Å². The van der Waals surface area contributed by atoms with Crippen LogP contribution >= 0.6 is 11.8 Å². The Labute approximate surface area is 114 Å². The predicted octanol–water partition coefficient (Wildman–Crippen LogP) is 1.72. The monoisotopic (exact) mass is 282 g/mol. The molecule has 0 bridgehead atoms. The highest BCUT2D eigenvalue weighted by Crippen LogP contribution is 2.21. The molecule has 4 N–H and O–H groups in total. The number of carbonyl (C=O) groups excluding carboxylic acids is 1. The molecular formula is C12H14N2O4S. The number of hydrogen-bond acceptors (Lipinski definition) is 4. The van der Waals surface area contributed by atoms with Gasteiger partial charge in [-0.05, 0) is 30.4 Å². The Hall–Kier alpha value is -1.89. The van der Waals surface area contributed by atoms with Crippen LogP contribution in [0.1, 0.15) is 16.8 Å². The summed E-state index contributed by atoms with van der Waals surface area (Å²) in [7, 11) is 0. The molecule has 0 saturated carbocycles. The molecule has 2 amide bonds. The minimum Gasteiger partial charge on any atom is -0.507 e. The van der Waals surface area contributed by atoms with Crippen LogP contribution in [0.4, 0.5) is 10.5 Å². The Morgan fingerprint density at radius 1 is 1.37 bits per heavy atom. The highest BCUT2D eigenvalue weighted by molar-refractivity contribution is 7.99. The minimum atomic E-state index is -1.24. The van der Waals surface area contributed by atoms with E-state index in [1.807, 2.05) is 0 Å². The molecule has 1 aliphatic heterocycles. The van der Waals surface area contributed by atoms with Gasteiger partial charge in [-0.1, -0.05) is 0 Å². The van der Waals surface area contributed by atoms with Gasteiger partial charge in [0.15, 0.2) is 0 Å². The maximum atomic E-state index is 11.7. The zero-order chi connectivity index (χ0) is 13.8. The molecule has 0 spiro atoms. The van der Waals surface area contributed by atoms with Crippen LogP contribution in [0.3, 0.4) is 0 Å². The van der Waals surface area contributed by atoms with Crippen LogP contribution in [0.15, 0.2) is 18.2 Å². The van der Waals surface area contributed by atoms with Crippen LogP contribution < -0.4 is 10.6 Å². The van der Waals surface area contributed by atoms with E-state index in [-0.39, 0.29) is 23.4 Å². The summed E-state index contributed by atoms with van der Waals surface area (Å²) >= 11 is 1.79. The minimum absolute atomic E-state index is 0.154. The second-order valence-corrected chi connectivity index (χ2v) is 5.35. The van der Waals surface area contributed by atoms with Crippen LogP contribution in [-0.4, -0.2) is 39.8 Å². The van der Waals surface area contributed by atoms with Crippen molar-refractivity contribution >= 4 is 29.4 Å². The van der Waals surface area contributed by atoms with Crippen molar-refractivity contribution in [1.29, 1.82) is 0 Å². The number of aromatic carboxylic acids is 1. The number of phenols is 1. The first kappa shape index (κ1) is 13.5. The molecule has 1 aliphatic rings. The molecule has 0 aromatic heterocycles. The van der Waals surface area contributed by atoms with Crippen molar-refractivity contribution in [2.75, 3.05) is 16.8 Å². The fourth-order valence-corrected chi connectivity index (χ4v) is 2.94. The highest BCUT2D eigenvalue weighted by atomic mass is 32.2. The van der Waals surface area contributed by atoms with Crippen molar-refractivity contribution < 1.29 is 19.8 Å². The number of carboxylic acid groups (broad SMARTS) is 1. The molecule has 2 rings (SSSR count). The zero-order valence-electron chi connectivity index (χ0n) is 10.0. The smallest absolute Gasteiger partial charge is 0.339 e. The van der Waals surface area contributed by atoms with Crippen LogP contribution in [0.5, 0.6) is 5.75 Å². The van der Waals surface area contributed by atoms with E-state index in [2.05, 4.69) is 10.6 Å². The summed E-state index contributed by atoms with van der Waals surface area (Å²) in [5.74, 6) is 0.357. The molecule has 1 aromatic carbocycles. The number of benzene rings is 1. The second-order valence-electron chi connectivity index (χ2n) is 4.20. The van der Waals surface area contributed by atoms with Gasteiger partial charge in [0, 0.05) is 17.5 Å². The largest absolute Gasteiger partial charge is 0.507 e. The van der Waals surface area contributed by atoms with Gasteiger partial charge in [0.05, 0.1) is 0 Å². The quantitative estimate of drug-likeness (QED) is 0.633. The summed E-state index contributed by atoms with van der Waals surface area (Å²) in [5.41, 5.74) is 0.0903. The fraction of sp³-hybridized carbons (Fsp3) is 0.333. The molecule has 1 unspecified atom stereocenters. The van der Waals surface area contributed by atoms with Gasteiger partial charge < -0.3 is 20.8 Å². The normalized spacial score (nSPS) is 18.0. The lowest BCUT2D eigenvalue weighted by molar-refractivity contribution is 0.0693. The number of amides is 2. The number of urea groups is 1. The van der Waals surface area contributed by atoms with Crippen molar-refractivity contribution in [1.82, 2.24) is 5.32 Å². The van der Waals surface area contributed by atoms with Gasteiger partial charge in [-0.2, -0.15) is 11.8 Å². The summed E-state index contributed by atoms with van der Waals surface area (Å²) in [4.78, 5) is 22.5. The van der Waals surface area contributed by atoms with Crippen LogP contribution in [-0.2, 0) is 0 Å². The molecule has 1 atom stereocenters. The first-order chi connectivity index (χ1) is 9.06. The van der Waals surface area contributed by atoms with Gasteiger partial charge >= 0.3 is 12.0 Å². The van der Waals surface area contributed by atoms with Crippen LogP contribution in [0, 0.1) is 0 Å². The van der Waals surface area contributed by atoms with Crippen molar-refractivity contribution in [3.63, 3.8) is 0 Å². The Bertz CT molecular complexity index is 501. The Balaban J connectivity index is 2.00. The van der Waals surface area contributed by atoms with E-state index < -0.39 is 5.97 Å². The van der Waals surface area contributed by atoms with Crippen molar-refractivity contribution in [2.24, 2.45) is 0 Å². The third-order valence-electron chi connectivity index (χ3n) is 2.75. The first-order valence-corrected chi connectivity index (χ1v) is 6.93. The lowest BCUT2D eigenvalue weighted by Gasteiger charge is -2.12. The van der Waals surface area contributed by atoms with Crippen molar-refractivity contribution in [3.05, 3.63) is 23.8 Å². The molecule has 1 heterocycles. The number of carbonyl (C=O) groups is 2. The third kappa shape index (κ3) is 3.54. The molecule has 0 aliphatic carbocycles. The maximum absolute atomic E-state index is 11.7. The standard InChI is InChI=1S/C12H14N2O4S/c15-10-2-1-7(5-9(10)11(16)17)13-12(18)14-8-3-4-19-6-8/h1-2,5,8,15H,3-4,6H2,(H,16,17)(H2,13,14,18). The predicted molar refractivity (Wildman–Crippen MR) is 73.0 cm³/mol. The van der Waals surface area contributed by atoms with Crippen molar-refractivity contribution in [2.45, 2.75) is 12.5 Å². The number of rotatable bonds is 3. The lowest BCUT2D eigenvalue weighted by Crippen LogP contribution is -2.37. The molecule has 0 radical (unpaired) electrons. The van der Waals surface area contributed by atoms with E-state index in [9.17, 15) is 14.7 Å². The van der Waals surface area contributed by atoms with Gasteiger partial charge in [-0.3, -0.25) is 0 Å². The third-order valence-corrected chi connectivity index (χ3v) is 3.91. The Morgan fingerprint density at radius 2 is 2.16 bits per heavy atom. The van der Waals surface area contributed by atoms with Crippen LogP contribution in [0.25, 0.3) is 0 Å². The van der Waals surface area contributed by atoms with Gasteiger partial charge in [-0.25, -0.2) is 9.59 Å². The van der Waals surface area contributed by atoms with E-state index in [0.29, 0.717) is 5.69 Å². The fourth-order valence-electron chi connectivity index (χ4n) is 1.79. The molecule has 19 heavy (non-hydrogen) atoms. The summed E-state index contributed by atoms with van der Waals surface area (Å²) < 4.78 is 0. The average molecular weight is 282 g/mol. The molecule has 7 heteroatoms. The van der Waals surface area contributed by atoms with Gasteiger partial charge in [-0.15, -0.1) is 0 Å². The lowest BCUT2D eigenvalue weighted by atomic mass is 10.2. The number of anilines is 1. The Morgan fingerprint density at radius 3 is 2.79 bits per heavy atom. The van der Waals surface area contributed by atoms with E-state index in [4.69, 9.17) is 5.11 Å². The summed E-state index contributed by atoms with van der Waals surface area (Å²) in [6.45, 7) is 0. The molecule has 1 aromatic rings. The molecule has 6 nitrogen and oxygen atoms in total. The summed E-state index contributed by atoms with van der Waals surface area (Å²) in [6.07, 6.45) is 0.939. The van der Waals surface area contributed by atoms with E-state index in [1.165, 1.54) is 18.2 Å². The molecule has 1 saturated heterocycles. The maximum Gasteiger partial charge on any atom is 0.339 e. The van der Waals surface area contributed by atoms with Gasteiger partial charge in [0.25, 0.3) is 0 Å². The topological polar surface area (TPSA) is 98.7 Å². The second kappa shape index (κ2) is 5.83. The van der Waals surface area contributed by atoms with Gasteiger partial charge in [0.1, 0.15) is 11.3 Å². The Kier molecular flexibility index (Phi) is 4.16. The van der Waals surface area contributed by atoms with E-state index in [0.717, 1.165) is 17.9 Å². The summed E-state index contributed by atoms with van der Waals surface area (Å²) in [6, 6.07) is 3.70. The van der Waals surface area contributed by atoms with Crippen molar-refractivity contribution in [3.8, 4) is 5.75 Å². The highest BCUT2D eigenvalue weighted by Gasteiger charge is 2.18. The number of carboxylic acids is 1. The molecular weight excluding hydrogens is 268 g/mol. The average Bonchev–Trinajstić information content (AvgIpc) is 2.84. The van der Waals surface area contributed by atoms with E-state index >= 15 is 0 Å². The zero-order valence-corrected chi connectivity index (χ0v) is 10.9. The number of aromatic hydroxyl groups is 1. The molecule has 1 fully saturated rings. The number of hydrogen-bond donors (Lipinski definition) is 4. The summed E-state index contributed by atoms with van der Waals surface area (Å²) in [5, 5.41) is 23.6. The number of nitrogens with one attached hydrogen (secondary N) is 2. The number of thioether (sulfide) groups is 1.